The summed E-state index contributed by atoms with van der Waals surface area (Å²) >= 11 is 0. The minimum Gasteiger partial charge on any atom is -0.324 e. The van der Waals surface area contributed by atoms with Crippen LogP contribution in [-0.4, -0.2) is 25.5 Å². The van der Waals surface area contributed by atoms with Gasteiger partial charge >= 0.3 is 7.60 Å². The normalized spacial score (nSPS) is 11.7. The van der Waals surface area contributed by atoms with Crippen LogP contribution in [0.15, 0.2) is 66.9 Å². The molecule has 0 saturated carbocycles. The summed E-state index contributed by atoms with van der Waals surface area (Å²) in [5.41, 5.74) is 3.78. The Morgan fingerprint density at radius 2 is 1.82 bits per heavy atom. The lowest BCUT2D eigenvalue weighted by molar-refractivity contribution is -0.111. The SMILES string of the molecule is Cn1ncc(C=CC(=O)Nc2ccc(CP(=O)(O)O)cc2)c1-c1ccccc1. The van der Waals surface area contributed by atoms with E-state index >= 15 is 0 Å². The second-order valence-corrected chi connectivity index (χ2v) is 7.93. The summed E-state index contributed by atoms with van der Waals surface area (Å²) < 4.78 is 12.8. The molecule has 0 unspecified atom stereocenters. The first-order valence-corrected chi connectivity index (χ1v) is 10.3. The Morgan fingerprint density at radius 3 is 2.46 bits per heavy atom. The summed E-state index contributed by atoms with van der Waals surface area (Å²) in [6.07, 6.45) is 4.49. The highest BCUT2D eigenvalue weighted by atomic mass is 31.2. The molecular weight excluding hydrogens is 377 g/mol. The van der Waals surface area contributed by atoms with Crippen LogP contribution in [-0.2, 0) is 22.6 Å². The Bertz CT molecular complexity index is 1040. The van der Waals surface area contributed by atoms with Gasteiger partial charge < -0.3 is 15.1 Å². The predicted molar refractivity (Wildman–Crippen MR) is 108 cm³/mol. The zero-order chi connectivity index (χ0) is 20.1. The summed E-state index contributed by atoms with van der Waals surface area (Å²) in [4.78, 5) is 30.2. The zero-order valence-corrected chi connectivity index (χ0v) is 16.1. The number of amides is 1. The Morgan fingerprint density at radius 1 is 1.14 bits per heavy atom. The molecule has 0 fully saturated rings. The Balaban J connectivity index is 1.69. The van der Waals surface area contributed by atoms with Crippen LogP contribution in [0.4, 0.5) is 5.69 Å². The van der Waals surface area contributed by atoms with Crippen molar-refractivity contribution >= 4 is 25.3 Å². The molecule has 144 valence electrons. The molecule has 0 spiro atoms. The average Bonchev–Trinajstić information content (AvgIpc) is 3.02. The number of carbonyl (C=O) groups is 1. The highest BCUT2D eigenvalue weighted by Crippen LogP contribution is 2.39. The number of aryl methyl sites for hydroxylation is 1. The van der Waals surface area contributed by atoms with E-state index in [2.05, 4.69) is 10.4 Å². The second-order valence-electron chi connectivity index (χ2n) is 6.28. The lowest BCUT2D eigenvalue weighted by Gasteiger charge is -2.06. The van der Waals surface area contributed by atoms with Gasteiger partial charge in [-0.15, -0.1) is 0 Å². The fourth-order valence-corrected chi connectivity index (χ4v) is 3.49. The van der Waals surface area contributed by atoms with Gasteiger partial charge in [0.15, 0.2) is 0 Å². The van der Waals surface area contributed by atoms with Crippen LogP contribution in [0, 0.1) is 0 Å². The van der Waals surface area contributed by atoms with E-state index in [0.29, 0.717) is 11.3 Å². The van der Waals surface area contributed by atoms with E-state index in [1.807, 2.05) is 37.4 Å². The summed E-state index contributed by atoms with van der Waals surface area (Å²) in [5, 5.41) is 6.98. The van der Waals surface area contributed by atoms with Gasteiger partial charge in [-0.05, 0) is 23.8 Å². The van der Waals surface area contributed by atoms with Crippen LogP contribution >= 0.6 is 7.60 Å². The van der Waals surface area contributed by atoms with E-state index in [1.54, 1.807) is 41.2 Å². The number of nitrogens with one attached hydrogen (secondary N) is 1. The molecule has 1 aromatic heterocycles. The number of anilines is 1. The van der Waals surface area contributed by atoms with Crippen molar-refractivity contribution in [2.24, 2.45) is 7.05 Å². The number of rotatable bonds is 6. The number of carbonyl (C=O) groups excluding carboxylic acids is 1. The van der Waals surface area contributed by atoms with Crippen molar-refractivity contribution in [3.8, 4) is 11.3 Å². The van der Waals surface area contributed by atoms with E-state index in [1.165, 1.54) is 6.08 Å². The lowest BCUT2D eigenvalue weighted by atomic mass is 10.1. The fourth-order valence-electron chi connectivity index (χ4n) is 2.81. The molecule has 3 N–H and O–H groups in total. The van der Waals surface area contributed by atoms with Gasteiger partial charge in [-0.2, -0.15) is 5.10 Å². The van der Waals surface area contributed by atoms with E-state index in [0.717, 1.165) is 16.8 Å². The van der Waals surface area contributed by atoms with Gasteiger partial charge in [0.05, 0.1) is 18.1 Å². The predicted octanol–water partition coefficient (Wildman–Crippen LogP) is 3.42. The third-order valence-corrected chi connectivity index (χ3v) is 4.82. The maximum atomic E-state index is 12.2. The van der Waals surface area contributed by atoms with Crippen molar-refractivity contribution in [2.75, 3.05) is 5.32 Å². The quantitative estimate of drug-likeness (QED) is 0.437. The summed E-state index contributed by atoms with van der Waals surface area (Å²) in [6.45, 7) is 0. The third-order valence-electron chi connectivity index (χ3n) is 4.04. The van der Waals surface area contributed by atoms with Crippen molar-refractivity contribution < 1.29 is 19.1 Å². The van der Waals surface area contributed by atoms with Crippen molar-refractivity contribution in [1.82, 2.24) is 9.78 Å². The summed E-state index contributed by atoms with van der Waals surface area (Å²) in [5.74, 6) is -0.314. The van der Waals surface area contributed by atoms with Crippen LogP contribution in [0.2, 0.25) is 0 Å². The number of aromatic nitrogens is 2. The van der Waals surface area contributed by atoms with Gasteiger partial charge in [0.25, 0.3) is 0 Å². The Kier molecular flexibility index (Phi) is 5.90. The van der Waals surface area contributed by atoms with Gasteiger partial charge in [0.1, 0.15) is 0 Å². The van der Waals surface area contributed by atoms with E-state index < -0.39 is 7.60 Å². The van der Waals surface area contributed by atoms with Crippen LogP contribution in [0.25, 0.3) is 17.3 Å². The molecule has 8 heteroatoms. The molecule has 0 aliphatic carbocycles. The van der Waals surface area contributed by atoms with E-state index in [4.69, 9.17) is 9.79 Å². The Labute approximate surface area is 162 Å². The average molecular weight is 397 g/mol. The molecule has 1 heterocycles. The summed E-state index contributed by atoms with van der Waals surface area (Å²) in [6, 6.07) is 16.2. The van der Waals surface area contributed by atoms with Crippen molar-refractivity contribution in [3.05, 3.63) is 78.0 Å². The zero-order valence-electron chi connectivity index (χ0n) is 15.2. The smallest absolute Gasteiger partial charge is 0.324 e. The topological polar surface area (TPSA) is 104 Å². The highest BCUT2D eigenvalue weighted by Gasteiger charge is 2.13. The maximum absolute atomic E-state index is 12.2. The minimum absolute atomic E-state index is 0.314. The molecule has 2 aromatic carbocycles. The van der Waals surface area contributed by atoms with Gasteiger partial charge in [-0.25, -0.2) is 0 Å². The molecule has 1 amide bonds. The maximum Gasteiger partial charge on any atom is 0.329 e. The van der Waals surface area contributed by atoms with Crippen molar-refractivity contribution in [3.63, 3.8) is 0 Å². The fraction of sp³-hybridized carbons (Fsp3) is 0.100. The molecule has 7 nitrogen and oxygen atoms in total. The molecular formula is C20H20N3O4P. The van der Waals surface area contributed by atoms with Gasteiger partial charge in [-0.3, -0.25) is 14.0 Å². The molecule has 0 radical (unpaired) electrons. The van der Waals surface area contributed by atoms with Crippen LogP contribution in [0.1, 0.15) is 11.1 Å². The van der Waals surface area contributed by atoms with Crippen molar-refractivity contribution in [2.45, 2.75) is 6.16 Å². The van der Waals surface area contributed by atoms with Crippen LogP contribution < -0.4 is 5.32 Å². The van der Waals surface area contributed by atoms with Crippen LogP contribution in [0.5, 0.6) is 0 Å². The Hall–Kier alpha value is -2.99. The lowest BCUT2D eigenvalue weighted by Crippen LogP contribution is -2.07. The molecule has 0 saturated heterocycles. The molecule has 0 bridgehead atoms. The van der Waals surface area contributed by atoms with Gasteiger partial charge in [0.2, 0.25) is 5.91 Å². The number of hydrogen-bond acceptors (Lipinski definition) is 3. The first-order chi connectivity index (χ1) is 13.3. The molecule has 3 aromatic rings. The second kappa shape index (κ2) is 8.35. The highest BCUT2D eigenvalue weighted by molar-refractivity contribution is 7.50. The monoisotopic (exact) mass is 397 g/mol. The molecule has 0 aliphatic rings. The number of hydrogen-bond donors (Lipinski definition) is 3. The number of nitrogens with zero attached hydrogens (tertiary/aromatic N) is 2. The molecule has 3 rings (SSSR count). The van der Waals surface area contributed by atoms with E-state index in [9.17, 15) is 9.36 Å². The van der Waals surface area contributed by atoms with Gasteiger partial charge in [-0.1, -0.05) is 42.5 Å². The van der Waals surface area contributed by atoms with Crippen LogP contribution in [0.3, 0.4) is 0 Å². The first-order valence-electron chi connectivity index (χ1n) is 8.52. The number of benzene rings is 2. The standard InChI is InChI=1S/C20H20N3O4P/c1-23-20(16-5-3-2-4-6-16)17(13-21-23)9-12-19(24)22-18-10-7-15(8-11-18)14-28(25,26)27/h2-13H,14H2,1H3,(H,22,24)(H2,25,26,27). The molecule has 28 heavy (non-hydrogen) atoms. The third kappa shape index (κ3) is 5.27. The van der Waals surface area contributed by atoms with E-state index in [-0.39, 0.29) is 12.1 Å². The summed E-state index contributed by atoms with van der Waals surface area (Å²) in [7, 11) is -2.26. The molecule has 0 atom stereocenters. The molecule has 0 aliphatic heterocycles. The minimum atomic E-state index is -4.11. The van der Waals surface area contributed by atoms with Crippen molar-refractivity contribution in [1.29, 1.82) is 0 Å². The van der Waals surface area contributed by atoms with Gasteiger partial charge in [0, 0.05) is 29.9 Å². The largest absolute Gasteiger partial charge is 0.329 e. The first kappa shape index (κ1) is 19.8.